The Morgan fingerprint density at radius 1 is 1.32 bits per heavy atom. The van der Waals surface area contributed by atoms with Gasteiger partial charge in [0.15, 0.2) is 6.61 Å². The number of halogens is 1. The Morgan fingerprint density at radius 2 is 2.05 bits per heavy atom. The molecule has 104 valence electrons. The molecule has 0 spiro atoms. The number of hydrogen-bond donors (Lipinski definition) is 1. The molecular weight excluding hydrogens is 308 g/mol. The fraction of sp³-hybridized carbons (Fsp3) is 0.500. The van der Waals surface area contributed by atoms with Crippen molar-refractivity contribution in [2.24, 2.45) is 0 Å². The van der Waals surface area contributed by atoms with Gasteiger partial charge in [-0.25, -0.2) is 0 Å². The molecule has 0 saturated carbocycles. The highest BCUT2D eigenvalue weighted by Gasteiger charge is 2.19. The maximum Gasteiger partial charge on any atom is 0.260 e. The number of rotatable bonds is 3. The minimum Gasteiger partial charge on any atom is -0.484 e. The van der Waals surface area contributed by atoms with E-state index in [9.17, 15) is 4.79 Å². The molecule has 1 fully saturated rings. The lowest BCUT2D eigenvalue weighted by Crippen LogP contribution is -3.09. The molecule has 1 amide bonds. The van der Waals surface area contributed by atoms with Crippen molar-refractivity contribution >= 4 is 21.8 Å². The van der Waals surface area contributed by atoms with Gasteiger partial charge in [-0.05, 0) is 24.3 Å². The smallest absolute Gasteiger partial charge is 0.260 e. The van der Waals surface area contributed by atoms with E-state index in [2.05, 4.69) is 23.0 Å². The number of carbonyl (C=O) groups excluding carboxylic acids is 1. The number of nitrogens with zero attached hydrogens (tertiary/aromatic N) is 1. The SMILES string of the molecule is C[NH+]1CCCN(C(=O)COc2ccc(Br)cc2)CC1. The molecule has 0 aliphatic carbocycles. The first kappa shape index (κ1) is 14.3. The second-order valence-corrected chi connectivity index (χ2v) is 5.85. The number of quaternary nitrogens is 1. The van der Waals surface area contributed by atoms with E-state index in [0.717, 1.165) is 42.8 Å². The average Bonchev–Trinajstić information content (AvgIpc) is 2.63. The Balaban J connectivity index is 1.82. The molecule has 1 aliphatic rings. The lowest BCUT2D eigenvalue weighted by molar-refractivity contribution is -0.877. The van der Waals surface area contributed by atoms with Crippen molar-refractivity contribution < 1.29 is 14.4 Å². The first-order chi connectivity index (χ1) is 9.15. The summed E-state index contributed by atoms with van der Waals surface area (Å²) in [5.74, 6) is 0.812. The molecule has 1 unspecified atom stereocenters. The second-order valence-electron chi connectivity index (χ2n) is 4.93. The zero-order valence-electron chi connectivity index (χ0n) is 11.2. The molecule has 0 bridgehead atoms. The predicted octanol–water partition coefficient (Wildman–Crippen LogP) is 0.575. The van der Waals surface area contributed by atoms with E-state index in [-0.39, 0.29) is 12.5 Å². The van der Waals surface area contributed by atoms with Crippen molar-refractivity contribution in [3.8, 4) is 5.75 Å². The zero-order chi connectivity index (χ0) is 13.7. The van der Waals surface area contributed by atoms with Gasteiger partial charge in [0.1, 0.15) is 5.75 Å². The number of amides is 1. The highest BCUT2D eigenvalue weighted by Crippen LogP contribution is 2.16. The van der Waals surface area contributed by atoms with E-state index in [1.165, 1.54) is 4.90 Å². The minimum atomic E-state index is 0.0811. The molecule has 1 aromatic carbocycles. The Bertz CT molecular complexity index is 422. The monoisotopic (exact) mass is 327 g/mol. The van der Waals surface area contributed by atoms with Crippen LogP contribution in [0, 0.1) is 0 Å². The van der Waals surface area contributed by atoms with Gasteiger partial charge in [-0.15, -0.1) is 0 Å². The van der Waals surface area contributed by atoms with Gasteiger partial charge in [0.05, 0.1) is 26.7 Å². The molecule has 4 nitrogen and oxygen atoms in total. The number of benzene rings is 1. The van der Waals surface area contributed by atoms with Crippen LogP contribution in [0.2, 0.25) is 0 Å². The minimum absolute atomic E-state index is 0.0811. The summed E-state index contributed by atoms with van der Waals surface area (Å²) < 4.78 is 6.53. The van der Waals surface area contributed by atoms with Gasteiger partial charge in [-0.3, -0.25) is 4.79 Å². The highest BCUT2D eigenvalue weighted by molar-refractivity contribution is 9.10. The molecule has 1 atom stereocenters. The van der Waals surface area contributed by atoms with E-state index < -0.39 is 0 Å². The van der Waals surface area contributed by atoms with Crippen LogP contribution < -0.4 is 9.64 Å². The van der Waals surface area contributed by atoms with Crippen molar-refractivity contribution in [2.45, 2.75) is 6.42 Å². The lowest BCUT2D eigenvalue weighted by Gasteiger charge is -2.19. The molecule has 0 radical (unpaired) electrons. The van der Waals surface area contributed by atoms with Crippen LogP contribution in [-0.4, -0.2) is 50.6 Å². The number of carbonyl (C=O) groups is 1. The van der Waals surface area contributed by atoms with Crippen molar-refractivity contribution in [1.82, 2.24) is 4.90 Å². The molecule has 0 aromatic heterocycles. The van der Waals surface area contributed by atoms with Crippen LogP contribution in [0.3, 0.4) is 0 Å². The van der Waals surface area contributed by atoms with Crippen LogP contribution in [0.4, 0.5) is 0 Å². The molecule has 5 heteroatoms. The van der Waals surface area contributed by atoms with Crippen molar-refractivity contribution in [1.29, 1.82) is 0 Å². The number of hydrogen-bond acceptors (Lipinski definition) is 2. The van der Waals surface area contributed by atoms with Crippen molar-refractivity contribution in [3.63, 3.8) is 0 Å². The summed E-state index contributed by atoms with van der Waals surface area (Å²) in [7, 11) is 2.17. The standard InChI is InChI=1S/C14H19BrN2O2/c1-16-7-2-8-17(10-9-16)14(18)11-19-13-5-3-12(15)4-6-13/h3-6H,2,7-11H2,1H3/p+1. The molecule has 1 N–H and O–H groups in total. The summed E-state index contributed by atoms with van der Waals surface area (Å²) in [5, 5.41) is 0. The highest BCUT2D eigenvalue weighted by atomic mass is 79.9. The van der Waals surface area contributed by atoms with Gasteiger partial charge in [0.2, 0.25) is 0 Å². The van der Waals surface area contributed by atoms with Crippen molar-refractivity contribution in [2.75, 3.05) is 39.8 Å². The van der Waals surface area contributed by atoms with E-state index in [1.54, 1.807) is 0 Å². The van der Waals surface area contributed by atoms with Gasteiger partial charge in [0, 0.05) is 17.4 Å². The second kappa shape index (κ2) is 6.91. The molecular formula is C14H20BrN2O2+. The third-order valence-electron chi connectivity index (χ3n) is 3.37. The summed E-state index contributed by atoms with van der Waals surface area (Å²) in [6, 6.07) is 7.53. The summed E-state index contributed by atoms with van der Waals surface area (Å²) in [4.78, 5) is 15.5. The molecule has 2 rings (SSSR count). The third-order valence-corrected chi connectivity index (χ3v) is 3.90. The topological polar surface area (TPSA) is 34.0 Å². The Labute approximate surface area is 122 Å². The quantitative estimate of drug-likeness (QED) is 0.881. The summed E-state index contributed by atoms with van der Waals surface area (Å²) in [6.07, 6.45) is 1.07. The van der Waals surface area contributed by atoms with E-state index in [4.69, 9.17) is 4.74 Å². The van der Waals surface area contributed by atoms with Gasteiger partial charge >= 0.3 is 0 Å². The van der Waals surface area contributed by atoms with Gasteiger partial charge in [-0.1, -0.05) is 15.9 Å². The van der Waals surface area contributed by atoms with Crippen molar-refractivity contribution in [3.05, 3.63) is 28.7 Å². The maximum absolute atomic E-state index is 12.1. The Hall–Kier alpha value is -1.07. The van der Waals surface area contributed by atoms with E-state index >= 15 is 0 Å². The fourth-order valence-electron chi connectivity index (χ4n) is 2.15. The summed E-state index contributed by atoms with van der Waals surface area (Å²) in [6.45, 7) is 3.95. The van der Waals surface area contributed by atoms with E-state index in [0.29, 0.717) is 0 Å². The van der Waals surface area contributed by atoms with Crippen LogP contribution in [0.1, 0.15) is 6.42 Å². The normalized spacial score (nSPS) is 19.9. The lowest BCUT2D eigenvalue weighted by atomic mass is 10.3. The summed E-state index contributed by atoms with van der Waals surface area (Å²) in [5.41, 5.74) is 0. The zero-order valence-corrected chi connectivity index (χ0v) is 12.8. The summed E-state index contributed by atoms with van der Waals surface area (Å²) >= 11 is 3.37. The molecule has 19 heavy (non-hydrogen) atoms. The van der Waals surface area contributed by atoms with Crippen LogP contribution >= 0.6 is 15.9 Å². The first-order valence-corrected chi connectivity index (χ1v) is 7.42. The predicted molar refractivity (Wildman–Crippen MR) is 77.5 cm³/mol. The van der Waals surface area contributed by atoms with Crippen LogP contribution in [0.15, 0.2) is 28.7 Å². The Morgan fingerprint density at radius 3 is 2.79 bits per heavy atom. The van der Waals surface area contributed by atoms with Crippen LogP contribution in [-0.2, 0) is 4.79 Å². The number of likely N-dealkylation sites (N-methyl/N-ethyl adjacent to an activating group) is 1. The maximum atomic E-state index is 12.1. The Kier molecular flexibility index (Phi) is 5.22. The van der Waals surface area contributed by atoms with E-state index in [1.807, 2.05) is 29.2 Å². The number of ether oxygens (including phenoxy) is 1. The van der Waals surface area contributed by atoms with Crippen LogP contribution in [0.5, 0.6) is 5.75 Å². The third kappa shape index (κ3) is 4.51. The molecule has 1 aromatic rings. The van der Waals surface area contributed by atoms with Gasteiger partial charge in [-0.2, -0.15) is 0 Å². The molecule has 1 heterocycles. The largest absolute Gasteiger partial charge is 0.484 e. The fourth-order valence-corrected chi connectivity index (χ4v) is 2.42. The molecule has 1 saturated heterocycles. The molecule has 1 aliphatic heterocycles. The van der Waals surface area contributed by atoms with Gasteiger partial charge < -0.3 is 14.5 Å². The first-order valence-electron chi connectivity index (χ1n) is 6.62. The van der Waals surface area contributed by atoms with Crippen LogP contribution in [0.25, 0.3) is 0 Å². The van der Waals surface area contributed by atoms with Gasteiger partial charge in [0.25, 0.3) is 5.91 Å². The average molecular weight is 328 g/mol. The number of nitrogens with one attached hydrogen (secondary N) is 1.